The smallest absolute Gasteiger partial charge is 0.142 e. The summed E-state index contributed by atoms with van der Waals surface area (Å²) in [5, 5.41) is 0. The second-order valence-corrected chi connectivity index (χ2v) is 8.15. The molecule has 4 aromatic carbocycles. The van der Waals surface area contributed by atoms with E-state index >= 15 is 0 Å². The first-order valence-corrected chi connectivity index (χ1v) is 10.6. The topological polar surface area (TPSA) is 70.5 Å². The van der Waals surface area contributed by atoms with Gasteiger partial charge in [-0.15, -0.1) is 0 Å². The third-order valence-electron chi connectivity index (χ3n) is 6.56. The SMILES string of the molecule is COc1cc(C2(c3ccc(N)c(OC)c3)c3ccccc3Cc3ccccc32)ccc1N. The first kappa shape index (κ1) is 20.0. The molecule has 0 saturated heterocycles. The Hall–Kier alpha value is -3.92. The third-order valence-corrected chi connectivity index (χ3v) is 6.56. The highest BCUT2D eigenvalue weighted by molar-refractivity contribution is 5.70. The van der Waals surface area contributed by atoms with E-state index in [-0.39, 0.29) is 0 Å². The number of rotatable bonds is 4. The molecule has 0 aliphatic heterocycles. The van der Waals surface area contributed by atoms with Crippen molar-refractivity contribution < 1.29 is 9.47 Å². The fourth-order valence-electron chi connectivity index (χ4n) is 5.11. The Labute approximate surface area is 188 Å². The van der Waals surface area contributed by atoms with E-state index in [2.05, 4.69) is 72.8 Å². The number of nitrogen functional groups attached to an aromatic ring is 2. The summed E-state index contributed by atoms with van der Waals surface area (Å²) in [7, 11) is 3.30. The van der Waals surface area contributed by atoms with Crippen molar-refractivity contribution in [2.75, 3.05) is 25.7 Å². The van der Waals surface area contributed by atoms with Crippen LogP contribution in [-0.2, 0) is 11.8 Å². The quantitative estimate of drug-likeness (QED) is 0.393. The Morgan fingerprint density at radius 2 is 1.06 bits per heavy atom. The zero-order valence-corrected chi connectivity index (χ0v) is 18.3. The second-order valence-electron chi connectivity index (χ2n) is 8.15. The highest BCUT2D eigenvalue weighted by Crippen LogP contribution is 2.52. The van der Waals surface area contributed by atoms with Gasteiger partial charge >= 0.3 is 0 Å². The molecular weight excluding hydrogens is 396 g/mol. The number of hydrogen-bond donors (Lipinski definition) is 2. The number of hydrogen-bond acceptors (Lipinski definition) is 4. The lowest BCUT2D eigenvalue weighted by Gasteiger charge is -2.42. The van der Waals surface area contributed by atoms with E-state index in [9.17, 15) is 0 Å². The molecule has 0 atom stereocenters. The standard InChI is InChI=1S/C28H26N2O2/c1-31-26-16-20(11-13-24(26)29)28(21-12-14-25(30)27(17-21)32-2)22-9-5-3-7-18(22)15-19-8-4-6-10-23(19)28/h3-14,16-17H,15,29-30H2,1-2H3. The van der Waals surface area contributed by atoms with E-state index in [4.69, 9.17) is 20.9 Å². The van der Waals surface area contributed by atoms with Crippen LogP contribution in [0, 0.1) is 0 Å². The minimum absolute atomic E-state index is 0.576. The van der Waals surface area contributed by atoms with Crippen LogP contribution < -0.4 is 20.9 Å². The fraction of sp³-hybridized carbons (Fsp3) is 0.143. The van der Waals surface area contributed by atoms with Crippen LogP contribution >= 0.6 is 0 Å². The van der Waals surface area contributed by atoms with Crippen molar-refractivity contribution in [1.82, 2.24) is 0 Å². The van der Waals surface area contributed by atoms with E-state index in [0.717, 1.165) is 17.5 Å². The number of ether oxygens (including phenoxy) is 2. The molecule has 0 radical (unpaired) electrons. The van der Waals surface area contributed by atoms with Crippen molar-refractivity contribution in [3.05, 3.63) is 118 Å². The summed E-state index contributed by atoms with van der Waals surface area (Å²) in [4.78, 5) is 0. The molecule has 0 unspecified atom stereocenters. The zero-order chi connectivity index (χ0) is 22.3. The van der Waals surface area contributed by atoms with Gasteiger partial charge < -0.3 is 20.9 Å². The summed E-state index contributed by atoms with van der Waals surface area (Å²) in [5.41, 5.74) is 20.3. The molecule has 5 rings (SSSR count). The molecule has 4 nitrogen and oxygen atoms in total. The van der Waals surface area contributed by atoms with E-state index < -0.39 is 5.41 Å². The van der Waals surface area contributed by atoms with E-state index in [1.807, 2.05) is 12.1 Å². The second kappa shape index (κ2) is 7.65. The molecule has 0 bridgehead atoms. The minimum Gasteiger partial charge on any atom is -0.495 e. The summed E-state index contributed by atoms with van der Waals surface area (Å²) >= 11 is 0. The monoisotopic (exact) mass is 422 g/mol. The predicted octanol–water partition coefficient (Wildman–Crippen LogP) is 5.16. The van der Waals surface area contributed by atoms with Crippen LogP contribution in [0.15, 0.2) is 84.9 Å². The fourth-order valence-corrected chi connectivity index (χ4v) is 5.11. The molecule has 1 aliphatic carbocycles. The van der Waals surface area contributed by atoms with Crippen LogP contribution in [0.5, 0.6) is 11.5 Å². The number of benzene rings is 4. The minimum atomic E-state index is -0.576. The maximum absolute atomic E-state index is 6.20. The lowest BCUT2D eigenvalue weighted by atomic mass is 9.59. The largest absolute Gasteiger partial charge is 0.495 e. The van der Waals surface area contributed by atoms with E-state index in [1.54, 1.807) is 14.2 Å². The molecule has 0 fully saturated rings. The van der Waals surface area contributed by atoms with Crippen LogP contribution in [0.2, 0.25) is 0 Å². The van der Waals surface area contributed by atoms with Gasteiger partial charge in [0.25, 0.3) is 0 Å². The van der Waals surface area contributed by atoms with Crippen LogP contribution in [0.1, 0.15) is 33.4 Å². The van der Waals surface area contributed by atoms with Crippen molar-refractivity contribution >= 4 is 11.4 Å². The molecule has 4 aromatic rings. The lowest BCUT2D eigenvalue weighted by molar-refractivity contribution is 0.414. The first-order valence-electron chi connectivity index (χ1n) is 10.6. The molecule has 4 heteroatoms. The van der Waals surface area contributed by atoms with Gasteiger partial charge in [0.15, 0.2) is 0 Å². The maximum atomic E-state index is 6.20. The van der Waals surface area contributed by atoms with Gasteiger partial charge in [-0.25, -0.2) is 0 Å². The zero-order valence-electron chi connectivity index (χ0n) is 18.3. The third kappa shape index (κ3) is 2.83. The molecule has 160 valence electrons. The van der Waals surface area contributed by atoms with Gasteiger partial charge in [0.05, 0.1) is 31.0 Å². The van der Waals surface area contributed by atoms with Crippen LogP contribution in [-0.4, -0.2) is 14.2 Å². The van der Waals surface area contributed by atoms with Crippen molar-refractivity contribution in [3.63, 3.8) is 0 Å². The van der Waals surface area contributed by atoms with E-state index in [0.29, 0.717) is 22.9 Å². The average molecular weight is 423 g/mol. The molecule has 0 amide bonds. The molecule has 1 aliphatic rings. The van der Waals surface area contributed by atoms with Gasteiger partial charge in [-0.3, -0.25) is 0 Å². The molecule has 0 saturated carbocycles. The van der Waals surface area contributed by atoms with Gasteiger partial charge in [-0.2, -0.15) is 0 Å². The Morgan fingerprint density at radius 3 is 1.50 bits per heavy atom. The van der Waals surface area contributed by atoms with Gasteiger partial charge in [-0.05, 0) is 64.1 Å². The molecule has 0 spiro atoms. The van der Waals surface area contributed by atoms with Crippen LogP contribution in [0.25, 0.3) is 0 Å². The highest BCUT2D eigenvalue weighted by atomic mass is 16.5. The Bertz CT molecular complexity index is 1210. The van der Waals surface area contributed by atoms with Gasteiger partial charge in [-0.1, -0.05) is 60.7 Å². The van der Waals surface area contributed by atoms with Gasteiger partial charge in [0, 0.05) is 0 Å². The summed E-state index contributed by atoms with van der Waals surface area (Å²) in [6.45, 7) is 0. The van der Waals surface area contributed by atoms with Crippen molar-refractivity contribution in [1.29, 1.82) is 0 Å². The molecule has 0 heterocycles. The number of methoxy groups -OCH3 is 2. The van der Waals surface area contributed by atoms with Crippen LogP contribution in [0.4, 0.5) is 11.4 Å². The van der Waals surface area contributed by atoms with Gasteiger partial charge in [0.2, 0.25) is 0 Å². The first-order chi connectivity index (χ1) is 15.6. The Morgan fingerprint density at radius 1 is 0.625 bits per heavy atom. The molecule has 32 heavy (non-hydrogen) atoms. The summed E-state index contributed by atoms with van der Waals surface area (Å²) in [6.07, 6.45) is 0.881. The van der Waals surface area contributed by atoms with E-state index in [1.165, 1.54) is 22.3 Å². The predicted molar refractivity (Wildman–Crippen MR) is 129 cm³/mol. The highest BCUT2D eigenvalue weighted by Gasteiger charge is 2.44. The number of anilines is 2. The number of nitrogens with two attached hydrogens (primary N) is 2. The summed E-state index contributed by atoms with van der Waals surface area (Å²) in [6, 6.07) is 29.4. The Balaban J connectivity index is 1.96. The summed E-state index contributed by atoms with van der Waals surface area (Å²) < 4.78 is 11.3. The van der Waals surface area contributed by atoms with Crippen LogP contribution in [0.3, 0.4) is 0 Å². The average Bonchev–Trinajstić information content (AvgIpc) is 2.83. The normalized spacial score (nSPS) is 13.7. The van der Waals surface area contributed by atoms with Crippen molar-refractivity contribution in [2.24, 2.45) is 0 Å². The van der Waals surface area contributed by atoms with Gasteiger partial charge in [0.1, 0.15) is 11.5 Å². The van der Waals surface area contributed by atoms with Crippen molar-refractivity contribution in [3.8, 4) is 11.5 Å². The lowest BCUT2D eigenvalue weighted by Crippen LogP contribution is -2.36. The van der Waals surface area contributed by atoms with Crippen molar-refractivity contribution in [2.45, 2.75) is 11.8 Å². The molecular formula is C28H26N2O2. The molecule has 0 aromatic heterocycles. The molecule has 4 N–H and O–H groups in total. The maximum Gasteiger partial charge on any atom is 0.142 e. The Kier molecular flexibility index (Phi) is 4.78. The summed E-state index contributed by atoms with van der Waals surface area (Å²) in [5.74, 6) is 1.31. The number of fused-ring (bicyclic) bond motifs is 2.